The van der Waals surface area contributed by atoms with E-state index in [1.807, 2.05) is 18.2 Å². The minimum absolute atomic E-state index is 0.332. The number of ether oxygens (including phenoxy) is 1. The van der Waals surface area contributed by atoms with Crippen molar-refractivity contribution < 1.29 is 9.53 Å². The number of carbonyl (C=O) groups excluding carboxylic acids is 1. The van der Waals surface area contributed by atoms with Gasteiger partial charge in [0.2, 0.25) is 0 Å². The van der Waals surface area contributed by atoms with Gasteiger partial charge < -0.3 is 15.5 Å². The van der Waals surface area contributed by atoms with Crippen molar-refractivity contribution in [3.05, 3.63) is 34.4 Å². The Hall–Kier alpha value is -1.33. The molecule has 0 spiro atoms. The van der Waals surface area contributed by atoms with E-state index in [-0.39, 0.29) is 0 Å². The number of aromatic nitrogens is 1. The van der Waals surface area contributed by atoms with Crippen molar-refractivity contribution in [2.75, 3.05) is 6.61 Å². The molecular formula is C12H13BrN2O2. The Kier molecular flexibility index (Phi) is 3.49. The van der Waals surface area contributed by atoms with Gasteiger partial charge in [-0.05, 0) is 28.9 Å². The van der Waals surface area contributed by atoms with Crippen LogP contribution in [0.2, 0.25) is 0 Å². The molecule has 0 aliphatic heterocycles. The van der Waals surface area contributed by atoms with E-state index >= 15 is 0 Å². The largest absolute Gasteiger partial charge is 0.465 e. The molecule has 0 aliphatic carbocycles. The van der Waals surface area contributed by atoms with Crippen molar-refractivity contribution in [1.29, 1.82) is 0 Å². The van der Waals surface area contributed by atoms with E-state index in [9.17, 15) is 4.79 Å². The van der Waals surface area contributed by atoms with E-state index in [4.69, 9.17) is 10.5 Å². The number of halogens is 1. The summed E-state index contributed by atoms with van der Waals surface area (Å²) in [5.74, 6) is -0.409. The third-order valence-electron chi connectivity index (χ3n) is 2.57. The molecule has 1 unspecified atom stereocenters. The van der Waals surface area contributed by atoms with Crippen LogP contribution in [-0.4, -0.2) is 17.6 Å². The maximum atomic E-state index is 11.6. The van der Waals surface area contributed by atoms with Crippen molar-refractivity contribution in [3.63, 3.8) is 0 Å². The highest BCUT2D eigenvalue weighted by atomic mass is 79.9. The van der Waals surface area contributed by atoms with E-state index in [0.29, 0.717) is 6.61 Å². The second-order valence-corrected chi connectivity index (χ2v) is 4.49. The molecular weight excluding hydrogens is 284 g/mol. The van der Waals surface area contributed by atoms with Gasteiger partial charge in [0.25, 0.3) is 0 Å². The summed E-state index contributed by atoms with van der Waals surface area (Å²) >= 11 is 3.44. The maximum Gasteiger partial charge on any atom is 0.327 e. The summed E-state index contributed by atoms with van der Waals surface area (Å²) in [6.07, 6.45) is 1.75. The Morgan fingerprint density at radius 2 is 2.35 bits per heavy atom. The van der Waals surface area contributed by atoms with Crippen LogP contribution in [0.1, 0.15) is 18.5 Å². The molecule has 0 bridgehead atoms. The fraction of sp³-hybridized carbons (Fsp3) is 0.250. The van der Waals surface area contributed by atoms with Gasteiger partial charge in [0.1, 0.15) is 6.04 Å². The van der Waals surface area contributed by atoms with Gasteiger partial charge in [-0.3, -0.25) is 0 Å². The van der Waals surface area contributed by atoms with Crippen LogP contribution in [0.5, 0.6) is 0 Å². The Morgan fingerprint density at radius 1 is 1.59 bits per heavy atom. The predicted octanol–water partition coefficient (Wildman–Crippen LogP) is 2.49. The smallest absolute Gasteiger partial charge is 0.327 e. The fourth-order valence-electron chi connectivity index (χ4n) is 1.76. The van der Waals surface area contributed by atoms with E-state index in [1.165, 1.54) is 0 Å². The summed E-state index contributed by atoms with van der Waals surface area (Å²) < 4.78 is 5.86. The van der Waals surface area contributed by atoms with E-state index < -0.39 is 12.0 Å². The number of esters is 1. The van der Waals surface area contributed by atoms with Gasteiger partial charge in [-0.2, -0.15) is 0 Å². The first-order valence-electron chi connectivity index (χ1n) is 5.33. The first kappa shape index (κ1) is 12.1. The number of rotatable bonds is 3. The highest BCUT2D eigenvalue weighted by Crippen LogP contribution is 2.28. The number of nitrogens with two attached hydrogens (primary N) is 1. The average Bonchev–Trinajstić information content (AvgIpc) is 2.73. The second-order valence-electron chi connectivity index (χ2n) is 3.64. The molecule has 4 nitrogen and oxygen atoms in total. The van der Waals surface area contributed by atoms with Gasteiger partial charge in [0.05, 0.1) is 12.1 Å². The number of para-hydroxylation sites is 1. The van der Waals surface area contributed by atoms with Crippen LogP contribution in [0.15, 0.2) is 28.9 Å². The predicted molar refractivity (Wildman–Crippen MR) is 69.6 cm³/mol. The summed E-state index contributed by atoms with van der Waals surface area (Å²) in [4.78, 5) is 14.7. The Labute approximate surface area is 107 Å². The summed E-state index contributed by atoms with van der Waals surface area (Å²) in [7, 11) is 0. The molecule has 0 saturated heterocycles. The number of hydrogen-bond donors (Lipinski definition) is 2. The van der Waals surface area contributed by atoms with Gasteiger partial charge in [0.15, 0.2) is 0 Å². The van der Waals surface area contributed by atoms with Gasteiger partial charge in [0, 0.05) is 21.6 Å². The standard InChI is InChI=1S/C12H13BrN2O2/c1-2-17-12(16)10(14)8-6-15-11-7(8)4-3-5-9(11)13/h3-6,10,15H,2,14H2,1H3. The molecule has 2 aromatic rings. The lowest BCUT2D eigenvalue weighted by atomic mass is 10.1. The zero-order valence-electron chi connectivity index (χ0n) is 9.37. The number of carbonyl (C=O) groups is 1. The molecule has 0 fully saturated rings. The number of aromatic amines is 1. The van der Waals surface area contributed by atoms with Crippen molar-refractivity contribution in [3.8, 4) is 0 Å². The van der Waals surface area contributed by atoms with Gasteiger partial charge in [-0.1, -0.05) is 12.1 Å². The van der Waals surface area contributed by atoms with Crippen molar-refractivity contribution in [2.45, 2.75) is 13.0 Å². The first-order valence-corrected chi connectivity index (χ1v) is 6.12. The van der Waals surface area contributed by atoms with Gasteiger partial charge in [-0.25, -0.2) is 4.79 Å². The minimum Gasteiger partial charge on any atom is -0.465 e. The Bertz CT molecular complexity index is 550. The van der Waals surface area contributed by atoms with E-state index in [2.05, 4.69) is 20.9 Å². The number of hydrogen-bond acceptors (Lipinski definition) is 3. The number of fused-ring (bicyclic) bond motifs is 1. The van der Waals surface area contributed by atoms with Crippen molar-refractivity contribution >= 4 is 32.8 Å². The van der Waals surface area contributed by atoms with Crippen LogP contribution in [0, 0.1) is 0 Å². The van der Waals surface area contributed by atoms with Crippen LogP contribution in [0.3, 0.4) is 0 Å². The molecule has 1 atom stereocenters. The zero-order valence-corrected chi connectivity index (χ0v) is 11.0. The lowest BCUT2D eigenvalue weighted by Crippen LogP contribution is -2.23. The molecule has 1 aromatic heterocycles. The lowest BCUT2D eigenvalue weighted by molar-refractivity contribution is -0.144. The highest BCUT2D eigenvalue weighted by molar-refractivity contribution is 9.10. The van der Waals surface area contributed by atoms with Crippen LogP contribution < -0.4 is 5.73 Å². The zero-order chi connectivity index (χ0) is 12.4. The lowest BCUT2D eigenvalue weighted by Gasteiger charge is -2.09. The third kappa shape index (κ3) is 2.21. The summed E-state index contributed by atoms with van der Waals surface area (Å²) in [6, 6.07) is 5.00. The molecule has 2 rings (SSSR count). The topological polar surface area (TPSA) is 68.1 Å². The summed E-state index contributed by atoms with van der Waals surface area (Å²) in [5.41, 5.74) is 7.56. The van der Waals surface area contributed by atoms with E-state index in [1.54, 1.807) is 13.1 Å². The molecule has 0 amide bonds. The van der Waals surface area contributed by atoms with E-state index in [0.717, 1.165) is 20.9 Å². The molecule has 0 aliphatic rings. The van der Waals surface area contributed by atoms with Gasteiger partial charge in [-0.15, -0.1) is 0 Å². The number of nitrogens with one attached hydrogen (secondary N) is 1. The molecule has 3 N–H and O–H groups in total. The summed E-state index contributed by atoms with van der Waals surface area (Å²) in [6.45, 7) is 2.09. The van der Waals surface area contributed by atoms with Crippen LogP contribution >= 0.6 is 15.9 Å². The van der Waals surface area contributed by atoms with Crippen LogP contribution in [0.4, 0.5) is 0 Å². The van der Waals surface area contributed by atoms with Crippen LogP contribution in [-0.2, 0) is 9.53 Å². The fourth-order valence-corrected chi connectivity index (χ4v) is 2.24. The monoisotopic (exact) mass is 296 g/mol. The number of H-pyrrole nitrogens is 1. The molecule has 1 aromatic carbocycles. The molecule has 0 radical (unpaired) electrons. The maximum absolute atomic E-state index is 11.6. The second kappa shape index (κ2) is 4.89. The SMILES string of the molecule is CCOC(=O)C(N)c1c[nH]c2c(Br)cccc12. The van der Waals surface area contributed by atoms with Crippen LogP contribution in [0.25, 0.3) is 10.9 Å². The van der Waals surface area contributed by atoms with Crippen molar-refractivity contribution in [1.82, 2.24) is 4.98 Å². The number of benzene rings is 1. The molecule has 90 valence electrons. The molecule has 0 saturated carbocycles. The molecule has 17 heavy (non-hydrogen) atoms. The molecule has 5 heteroatoms. The third-order valence-corrected chi connectivity index (χ3v) is 3.23. The minimum atomic E-state index is -0.752. The Balaban J connectivity index is 2.42. The van der Waals surface area contributed by atoms with Crippen molar-refractivity contribution in [2.24, 2.45) is 5.73 Å². The van der Waals surface area contributed by atoms with Gasteiger partial charge >= 0.3 is 5.97 Å². The quantitative estimate of drug-likeness (QED) is 0.855. The normalized spacial score (nSPS) is 12.6. The first-order chi connectivity index (χ1) is 8.15. The summed E-state index contributed by atoms with van der Waals surface area (Å²) in [5, 5.41) is 0.930. The average molecular weight is 297 g/mol. The Morgan fingerprint density at radius 3 is 3.06 bits per heavy atom. The molecule has 1 heterocycles. The highest BCUT2D eigenvalue weighted by Gasteiger charge is 2.20.